The number of halogens is 1. The van der Waals surface area contributed by atoms with E-state index in [2.05, 4.69) is 15.9 Å². The Bertz CT molecular complexity index is 1190. The number of carbonyl (C=O) groups is 2. The molecule has 0 aromatic heterocycles. The van der Waals surface area contributed by atoms with E-state index in [4.69, 9.17) is 14.2 Å². The van der Waals surface area contributed by atoms with E-state index in [9.17, 15) is 14.7 Å². The molecule has 0 unspecified atom stereocenters. The van der Waals surface area contributed by atoms with Crippen LogP contribution >= 0.6 is 15.9 Å². The lowest BCUT2D eigenvalue weighted by atomic mass is 10.0. The first-order valence-corrected chi connectivity index (χ1v) is 13.8. The lowest BCUT2D eigenvalue weighted by Crippen LogP contribution is -2.40. The molecule has 0 saturated heterocycles. The van der Waals surface area contributed by atoms with Crippen molar-refractivity contribution in [1.82, 2.24) is 4.90 Å². The molecule has 1 saturated carbocycles. The van der Waals surface area contributed by atoms with Crippen LogP contribution in [0.1, 0.15) is 54.4 Å². The highest BCUT2D eigenvalue weighted by atomic mass is 79.9. The van der Waals surface area contributed by atoms with Gasteiger partial charge in [-0.2, -0.15) is 0 Å². The second-order valence-electron chi connectivity index (χ2n) is 9.58. The lowest BCUT2D eigenvalue weighted by Gasteiger charge is -2.24. The molecule has 0 bridgehead atoms. The van der Waals surface area contributed by atoms with Crippen LogP contribution in [0.4, 0.5) is 10.5 Å². The van der Waals surface area contributed by atoms with E-state index >= 15 is 0 Å². The van der Waals surface area contributed by atoms with Gasteiger partial charge in [0.1, 0.15) is 5.75 Å². The summed E-state index contributed by atoms with van der Waals surface area (Å²) in [6, 6.07) is 10.7. The van der Waals surface area contributed by atoms with E-state index in [-0.39, 0.29) is 24.6 Å². The monoisotopic (exact) mass is 570 g/mol. The van der Waals surface area contributed by atoms with Gasteiger partial charge in [0.25, 0.3) is 5.91 Å². The molecule has 2 amide bonds. The zero-order chi connectivity index (χ0) is 25.9. The van der Waals surface area contributed by atoms with Gasteiger partial charge < -0.3 is 24.2 Å². The number of hydrogen-bond acceptors (Lipinski definition) is 5. The molecular weight excluding hydrogens is 540 g/mol. The fraction of sp³-hybridized carbons (Fsp3) is 0.429. The molecule has 1 fully saturated rings. The number of hydrogen-bond donors (Lipinski definition) is 1. The molecule has 2 aliphatic heterocycles. The second-order valence-corrected chi connectivity index (χ2v) is 10.4. The minimum Gasteiger partial charge on any atom is -0.497 e. The number of methoxy groups -OCH3 is 1. The number of carbonyl (C=O) groups excluding carboxylic acids is 1. The van der Waals surface area contributed by atoms with E-state index in [0.29, 0.717) is 35.8 Å². The van der Waals surface area contributed by atoms with Crippen LogP contribution in [0.15, 0.2) is 42.6 Å². The van der Waals surface area contributed by atoms with Gasteiger partial charge in [0.2, 0.25) is 0 Å². The van der Waals surface area contributed by atoms with E-state index in [1.165, 1.54) is 4.90 Å². The fourth-order valence-electron chi connectivity index (χ4n) is 4.75. The summed E-state index contributed by atoms with van der Waals surface area (Å²) in [6.45, 7) is 0.661. The maximum Gasteiger partial charge on any atom is 0.411 e. The Morgan fingerprint density at radius 3 is 2.57 bits per heavy atom. The predicted octanol–water partition coefficient (Wildman–Crippen LogP) is 5.93. The number of unbranched alkanes of at least 4 members (excludes halogenated alkanes) is 2. The van der Waals surface area contributed by atoms with E-state index in [0.717, 1.165) is 54.3 Å². The SMILES string of the molecule is COc1ccc(C2=CN3C(=O)c4cc(OC5CC5)c(OCCCCCBr)cc4N(C(=O)O)C[C@@H]3C2)cc1. The minimum atomic E-state index is -1.10. The average Bonchev–Trinajstić information content (AvgIpc) is 3.64. The van der Waals surface area contributed by atoms with Crippen LogP contribution in [0.5, 0.6) is 17.2 Å². The standard InChI is InChI=1S/C28H31BrN2O6/c1-35-21-7-5-18(6-8-21)19-13-20-17-31(28(33)34)24-15-25(36-12-4-2-3-11-29)26(37-22-9-10-22)14-23(24)27(32)30(20)16-19/h5-8,14-16,20,22H,2-4,9-13,17H2,1H3,(H,33,34)/t20-/m0/s1. The molecular formula is C28H31BrN2O6. The number of amides is 2. The van der Waals surface area contributed by atoms with Crippen LogP contribution in [-0.4, -0.2) is 59.7 Å². The molecule has 2 aromatic carbocycles. The number of anilines is 1. The summed E-state index contributed by atoms with van der Waals surface area (Å²) in [7, 11) is 1.62. The molecule has 0 spiro atoms. The third kappa shape index (κ3) is 5.56. The number of rotatable bonds is 10. The van der Waals surface area contributed by atoms with Gasteiger partial charge in [-0.25, -0.2) is 4.79 Å². The van der Waals surface area contributed by atoms with E-state index in [1.807, 2.05) is 30.5 Å². The Hall–Kier alpha value is -3.20. The predicted molar refractivity (Wildman–Crippen MR) is 144 cm³/mol. The highest BCUT2D eigenvalue weighted by molar-refractivity contribution is 9.09. The topological polar surface area (TPSA) is 88.5 Å². The first-order chi connectivity index (χ1) is 18.0. The molecule has 1 atom stereocenters. The molecule has 2 aromatic rings. The molecule has 3 aliphatic rings. The molecule has 196 valence electrons. The molecule has 0 radical (unpaired) electrons. The zero-order valence-electron chi connectivity index (χ0n) is 20.8. The summed E-state index contributed by atoms with van der Waals surface area (Å²) in [5.74, 6) is 1.50. The van der Waals surface area contributed by atoms with Crippen molar-refractivity contribution in [3.63, 3.8) is 0 Å². The first kappa shape index (κ1) is 25.4. The Morgan fingerprint density at radius 1 is 1.11 bits per heavy atom. The fourth-order valence-corrected chi connectivity index (χ4v) is 5.15. The Morgan fingerprint density at radius 2 is 1.89 bits per heavy atom. The quantitative estimate of drug-likeness (QED) is 0.281. The van der Waals surface area contributed by atoms with Gasteiger partial charge in [0.05, 0.1) is 43.7 Å². The van der Waals surface area contributed by atoms with Crippen LogP contribution < -0.4 is 19.1 Å². The van der Waals surface area contributed by atoms with Crippen molar-refractivity contribution in [1.29, 1.82) is 0 Å². The Labute approximate surface area is 224 Å². The molecule has 1 N–H and O–H groups in total. The van der Waals surface area contributed by atoms with Crippen molar-refractivity contribution in [3.05, 3.63) is 53.7 Å². The number of nitrogens with zero attached hydrogens (tertiary/aromatic N) is 2. The van der Waals surface area contributed by atoms with Crippen molar-refractivity contribution in [3.8, 4) is 17.2 Å². The van der Waals surface area contributed by atoms with Gasteiger partial charge in [-0.1, -0.05) is 28.1 Å². The van der Waals surface area contributed by atoms with Crippen LogP contribution in [0, 0.1) is 0 Å². The summed E-state index contributed by atoms with van der Waals surface area (Å²) >= 11 is 3.44. The van der Waals surface area contributed by atoms with Crippen molar-refractivity contribution in [2.24, 2.45) is 0 Å². The van der Waals surface area contributed by atoms with Crippen molar-refractivity contribution >= 4 is 39.2 Å². The van der Waals surface area contributed by atoms with Gasteiger partial charge in [-0.3, -0.25) is 9.69 Å². The second kappa shape index (κ2) is 11.0. The van der Waals surface area contributed by atoms with Gasteiger partial charge >= 0.3 is 6.09 Å². The number of ether oxygens (including phenoxy) is 3. The Balaban J connectivity index is 1.47. The summed E-state index contributed by atoms with van der Waals surface area (Å²) in [6.07, 6.45) is 6.27. The number of benzene rings is 2. The summed E-state index contributed by atoms with van der Waals surface area (Å²) in [4.78, 5) is 29.1. The van der Waals surface area contributed by atoms with Gasteiger partial charge in [0, 0.05) is 17.6 Å². The van der Waals surface area contributed by atoms with Crippen molar-refractivity contribution < 1.29 is 28.9 Å². The average molecular weight is 571 g/mol. The number of fused-ring (bicyclic) bond motifs is 2. The normalized spacial score (nSPS) is 18.6. The third-order valence-electron chi connectivity index (χ3n) is 6.90. The molecule has 8 nitrogen and oxygen atoms in total. The summed E-state index contributed by atoms with van der Waals surface area (Å²) < 4.78 is 17.4. The van der Waals surface area contributed by atoms with Crippen molar-refractivity contribution in [2.75, 3.05) is 30.5 Å². The Kier molecular flexibility index (Phi) is 7.60. The van der Waals surface area contributed by atoms with E-state index < -0.39 is 6.09 Å². The number of alkyl halides is 1. The number of carboxylic acid groups (broad SMARTS) is 1. The molecule has 5 rings (SSSR count). The maximum atomic E-state index is 13.8. The molecule has 37 heavy (non-hydrogen) atoms. The van der Waals surface area contributed by atoms with Crippen LogP contribution in [0.25, 0.3) is 5.57 Å². The van der Waals surface area contributed by atoms with Gasteiger partial charge in [-0.05, 0) is 67.9 Å². The smallest absolute Gasteiger partial charge is 0.411 e. The minimum absolute atomic E-state index is 0.103. The largest absolute Gasteiger partial charge is 0.497 e. The zero-order valence-corrected chi connectivity index (χ0v) is 22.4. The maximum absolute atomic E-state index is 13.8. The van der Waals surface area contributed by atoms with Gasteiger partial charge in [0.15, 0.2) is 11.5 Å². The third-order valence-corrected chi connectivity index (χ3v) is 7.46. The first-order valence-electron chi connectivity index (χ1n) is 12.7. The van der Waals surface area contributed by atoms with Crippen LogP contribution in [0.2, 0.25) is 0 Å². The molecule has 1 aliphatic carbocycles. The van der Waals surface area contributed by atoms with E-state index in [1.54, 1.807) is 24.1 Å². The summed E-state index contributed by atoms with van der Waals surface area (Å²) in [5, 5.41) is 11.1. The van der Waals surface area contributed by atoms with Crippen molar-refractivity contribution in [2.45, 2.75) is 50.7 Å². The van der Waals surface area contributed by atoms with Gasteiger partial charge in [-0.15, -0.1) is 0 Å². The summed E-state index contributed by atoms with van der Waals surface area (Å²) in [5.41, 5.74) is 2.60. The highest BCUT2D eigenvalue weighted by Gasteiger charge is 2.40. The van der Waals surface area contributed by atoms with Crippen LogP contribution in [0.3, 0.4) is 0 Å². The van der Waals surface area contributed by atoms with Crippen LogP contribution in [-0.2, 0) is 0 Å². The highest BCUT2D eigenvalue weighted by Crippen LogP contribution is 2.43. The molecule has 2 heterocycles. The lowest BCUT2D eigenvalue weighted by molar-refractivity contribution is 0.0794. The molecule has 9 heteroatoms.